The molecule has 0 N–H and O–H groups in total. The molecular weight excluding hydrogens is 669 g/mol. The molecule has 11 rings (SSSR count). The second kappa shape index (κ2) is 12.6. The Balaban J connectivity index is 1.29. The lowest BCUT2D eigenvalue weighted by Crippen LogP contribution is -2.01. The van der Waals surface area contributed by atoms with Gasteiger partial charge in [0, 0.05) is 38.5 Å². The minimum absolute atomic E-state index is 0.00554. The third-order valence-corrected chi connectivity index (χ3v) is 9.28. The first-order valence-electron chi connectivity index (χ1n) is 27.8. The van der Waals surface area contributed by atoms with Gasteiger partial charge in [-0.05, 0) is 62.6 Å². The van der Waals surface area contributed by atoms with Gasteiger partial charge in [-0.15, -0.1) is 0 Å². The molecule has 0 radical (unpaired) electrons. The van der Waals surface area contributed by atoms with Gasteiger partial charge >= 0.3 is 0 Å². The molecule has 55 heavy (non-hydrogen) atoms. The molecule has 0 aliphatic rings. The SMILES string of the molecule is [2H]c1c([2H])c([2H])c(-c2c([2H])c([2H])c(-c3nc(-c4ccccc4)nc(-c4ccccc4-c4cc([2H])c5c6c4c4c([2H])c([2H])c([2H])c([2H])c4c4c([2H])c([2H])c([2H])c(c46)n5-c4c([2H])c([2H])c([2H])c([2H])c4[2H])n3)c([2H])c2[2H])c([2H])c1[2H]. The Morgan fingerprint density at radius 3 is 1.69 bits per heavy atom. The Kier molecular flexibility index (Phi) is 3.74. The number of hydrogen-bond donors (Lipinski definition) is 0. The van der Waals surface area contributed by atoms with E-state index >= 15 is 0 Å². The molecule has 2 aromatic heterocycles. The number of nitrogens with zero attached hydrogens (tertiary/aromatic N) is 4. The van der Waals surface area contributed by atoms with E-state index in [-0.39, 0.29) is 71.7 Å². The Morgan fingerprint density at radius 2 is 0.909 bits per heavy atom. The van der Waals surface area contributed by atoms with Crippen molar-refractivity contribution in [3.8, 4) is 62.1 Å². The van der Waals surface area contributed by atoms with Crippen LogP contribution in [-0.4, -0.2) is 19.5 Å². The van der Waals surface area contributed by atoms with Crippen LogP contribution >= 0.6 is 0 Å². The van der Waals surface area contributed by atoms with Gasteiger partial charge in [0.15, 0.2) is 17.5 Å². The average Bonchev–Trinajstić information content (AvgIpc) is 3.98. The third kappa shape index (κ3) is 5.03. The molecule has 4 heteroatoms. The van der Waals surface area contributed by atoms with Crippen LogP contribution in [0.15, 0.2) is 194 Å². The second-order valence-corrected chi connectivity index (χ2v) is 12.3. The summed E-state index contributed by atoms with van der Waals surface area (Å²) >= 11 is 0. The largest absolute Gasteiger partial charge is 0.309 e. The van der Waals surface area contributed by atoms with Gasteiger partial charge < -0.3 is 4.57 Å². The zero-order chi connectivity index (χ0) is 55.4. The number of benzene rings is 9. The quantitative estimate of drug-likeness (QED) is 0.161. The van der Waals surface area contributed by atoms with E-state index in [1.165, 1.54) is 6.07 Å². The van der Waals surface area contributed by atoms with Crippen molar-refractivity contribution >= 4 is 43.4 Å². The first-order valence-corrected chi connectivity index (χ1v) is 16.8. The van der Waals surface area contributed by atoms with Crippen LogP contribution < -0.4 is 0 Å². The normalized spacial score (nSPS) is 17.2. The summed E-state index contributed by atoms with van der Waals surface area (Å²) in [5.74, 6) is -0.592. The molecule has 0 aliphatic carbocycles. The fraction of sp³-hybridized carbons (Fsp3) is 0. The fourth-order valence-corrected chi connectivity index (χ4v) is 6.96. The maximum Gasteiger partial charge on any atom is 0.164 e. The molecule has 0 atom stereocenters. The molecule has 0 fully saturated rings. The van der Waals surface area contributed by atoms with E-state index in [0.717, 1.165) is 4.57 Å². The first kappa shape index (κ1) is 16.3. The van der Waals surface area contributed by atoms with Crippen LogP contribution in [0.5, 0.6) is 0 Å². The van der Waals surface area contributed by atoms with E-state index in [2.05, 4.69) is 4.98 Å². The molecule has 0 saturated heterocycles. The molecule has 11 aromatic rings. The molecule has 2 heterocycles. The van der Waals surface area contributed by atoms with Crippen LogP contribution in [0, 0.1) is 0 Å². The molecule has 9 aromatic carbocycles. The van der Waals surface area contributed by atoms with Crippen molar-refractivity contribution in [2.75, 3.05) is 0 Å². The number of hydrogen-bond acceptors (Lipinski definition) is 3. The zero-order valence-electron chi connectivity index (χ0n) is 50.1. The number of para-hydroxylation sites is 1. The lowest BCUT2D eigenvalue weighted by molar-refractivity contribution is 1.07. The Hall–Kier alpha value is -7.43. The Morgan fingerprint density at radius 1 is 0.345 bits per heavy atom. The predicted molar refractivity (Wildman–Crippen MR) is 228 cm³/mol. The van der Waals surface area contributed by atoms with Gasteiger partial charge in [0.2, 0.25) is 0 Å². The van der Waals surface area contributed by atoms with Gasteiger partial charge in [-0.25, -0.2) is 15.0 Å². The second-order valence-electron chi connectivity index (χ2n) is 12.3. The highest BCUT2D eigenvalue weighted by atomic mass is 15.0. The van der Waals surface area contributed by atoms with Crippen molar-refractivity contribution in [1.29, 1.82) is 0 Å². The van der Waals surface area contributed by atoms with E-state index in [1.807, 2.05) is 0 Å². The van der Waals surface area contributed by atoms with Crippen molar-refractivity contribution < 1.29 is 30.2 Å². The fourth-order valence-electron chi connectivity index (χ4n) is 6.96. The van der Waals surface area contributed by atoms with Gasteiger partial charge in [-0.3, -0.25) is 0 Å². The molecule has 0 bridgehead atoms. The highest BCUT2D eigenvalue weighted by molar-refractivity contribution is 6.36. The lowest BCUT2D eigenvalue weighted by Gasteiger charge is -2.16. The maximum absolute atomic E-state index is 9.84. The van der Waals surface area contributed by atoms with E-state index in [0.29, 0.717) is 5.56 Å². The monoisotopic (exact) mass is 722 g/mol. The van der Waals surface area contributed by atoms with E-state index in [4.69, 9.17) is 30.5 Å². The summed E-state index contributed by atoms with van der Waals surface area (Å²) in [6.07, 6.45) is 0. The van der Waals surface area contributed by atoms with Crippen LogP contribution in [0.25, 0.3) is 105 Å². The molecular formula is C51H32N4. The van der Waals surface area contributed by atoms with Crippen molar-refractivity contribution in [2.45, 2.75) is 0 Å². The van der Waals surface area contributed by atoms with Crippen molar-refractivity contribution in [3.63, 3.8) is 0 Å². The van der Waals surface area contributed by atoms with E-state index in [1.54, 1.807) is 54.6 Å². The third-order valence-electron chi connectivity index (χ3n) is 9.28. The summed E-state index contributed by atoms with van der Waals surface area (Å²) in [5, 5.41) is -0.722. The number of aromatic nitrogens is 4. The summed E-state index contributed by atoms with van der Waals surface area (Å²) in [6, 6.07) is 0.672. The molecule has 0 amide bonds. The highest BCUT2D eigenvalue weighted by Gasteiger charge is 2.24. The summed E-state index contributed by atoms with van der Waals surface area (Å²) in [4.78, 5) is 14.3. The van der Waals surface area contributed by atoms with E-state index < -0.39 is 161 Å². The van der Waals surface area contributed by atoms with Crippen molar-refractivity contribution in [2.24, 2.45) is 0 Å². The van der Waals surface area contributed by atoms with E-state index in [9.17, 15) is 9.60 Å². The van der Waals surface area contributed by atoms with Crippen LogP contribution in [-0.2, 0) is 0 Å². The van der Waals surface area contributed by atoms with Crippen LogP contribution in [0.3, 0.4) is 0 Å². The van der Waals surface area contributed by atoms with Crippen LogP contribution in [0.2, 0.25) is 0 Å². The van der Waals surface area contributed by atoms with Gasteiger partial charge in [0.1, 0.15) is 0 Å². The summed E-state index contributed by atoms with van der Waals surface area (Å²) in [6.45, 7) is 0. The Bertz CT molecular complexity index is 4400. The molecule has 0 unspecified atom stereocenters. The topological polar surface area (TPSA) is 43.6 Å². The van der Waals surface area contributed by atoms with Gasteiger partial charge in [-0.1, -0.05) is 169 Å². The summed E-state index contributed by atoms with van der Waals surface area (Å²) < 4.78 is 197. The van der Waals surface area contributed by atoms with Gasteiger partial charge in [0.25, 0.3) is 0 Å². The van der Waals surface area contributed by atoms with Gasteiger partial charge in [0.05, 0.1) is 41.2 Å². The predicted octanol–water partition coefficient (Wildman–Crippen LogP) is 13.0. The smallest absolute Gasteiger partial charge is 0.164 e. The molecule has 0 aliphatic heterocycles. The minimum Gasteiger partial charge on any atom is -0.309 e. The Labute approximate surface area is 348 Å². The van der Waals surface area contributed by atoms with Crippen LogP contribution in [0.1, 0.15) is 30.2 Å². The zero-order valence-corrected chi connectivity index (χ0v) is 28.1. The number of rotatable bonds is 6. The maximum atomic E-state index is 9.84. The van der Waals surface area contributed by atoms with Crippen molar-refractivity contribution in [3.05, 3.63) is 194 Å². The highest BCUT2D eigenvalue weighted by Crippen LogP contribution is 2.48. The lowest BCUT2D eigenvalue weighted by atomic mass is 9.88. The average molecular weight is 723 g/mol. The molecule has 4 nitrogen and oxygen atoms in total. The molecule has 256 valence electrons. The molecule has 0 spiro atoms. The summed E-state index contributed by atoms with van der Waals surface area (Å²) in [7, 11) is 0. The minimum atomic E-state index is -0.770. The van der Waals surface area contributed by atoms with Crippen LogP contribution in [0.4, 0.5) is 0 Å². The van der Waals surface area contributed by atoms with Gasteiger partial charge in [-0.2, -0.15) is 0 Å². The standard InChI is InChI=1S/C51H32N4/c1-4-15-33(16-5-1)34-27-29-36(30-28-34)50-52-49(35-17-6-2-7-18-35)53-51(54-50)43-24-13-11-22-39(43)42-31-32-45-48-46(42)40-23-12-10-21-38(40)41-25-14-26-44(47(41)48)55(45)37-19-8-3-9-20-37/h1-32H/i1D,3D,4D,5D,8D,9D,10D,12D,14D,15D,16D,19D,20D,21D,23D,25D,26D,27D,28D,29D,30D,32D. The first-order chi connectivity index (χ1) is 36.4. The number of fused-ring (bicyclic) bond motifs is 3. The van der Waals surface area contributed by atoms with Crippen molar-refractivity contribution in [1.82, 2.24) is 19.5 Å². The molecule has 0 saturated carbocycles. The summed E-state index contributed by atoms with van der Waals surface area (Å²) in [5.41, 5.74) is -1.74.